The molecule has 6 nitrogen and oxygen atoms in total. The van der Waals surface area contributed by atoms with Crippen LogP contribution in [0.4, 0.5) is 11.8 Å². The maximum atomic E-state index is 5.25. The first-order valence-corrected chi connectivity index (χ1v) is 6.37. The summed E-state index contributed by atoms with van der Waals surface area (Å²) in [5.41, 5.74) is 2.43. The Morgan fingerprint density at radius 1 is 1.39 bits per heavy atom. The van der Waals surface area contributed by atoms with Gasteiger partial charge in [0.05, 0.1) is 0 Å². The minimum atomic E-state index is 0.430. The van der Waals surface area contributed by atoms with Gasteiger partial charge in [-0.3, -0.25) is 5.43 Å². The van der Waals surface area contributed by atoms with E-state index >= 15 is 0 Å². The summed E-state index contributed by atoms with van der Waals surface area (Å²) in [5, 5.41) is 3.26. The average molecular weight is 252 g/mol. The third-order valence-electron chi connectivity index (χ3n) is 2.91. The van der Waals surface area contributed by atoms with Gasteiger partial charge in [0.25, 0.3) is 0 Å². The van der Waals surface area contributed by atoms with Crippen LogP contribution in [0.1, 0.15) is 26.7 Å². The van der Waals surface area contributed by atoms with E-state index in [-0.39, 0.29) is 0 Å². The van der Waals surface area contributed by atoms with Crippen LogP contribution in [0.5, 0.6) is 0 Å². The molecule has 4 N–H and O–H groups in total. The highest BCUT2D eigenvalue weighted by molar-refractivity contribution is 5.38. The number of rotatable bonds is 8. The zero-order valence-corrected chi connectivity index (χ0v) is 11.5. The third-order valence-corrected chi connectivity index (χ3v) is 2.91. The van der Waals surface area contributed by atoms with Crippen LogP contribution in [0, 0.1) is 0 Å². The molecule has 0 bridgehead atoms. The number of unbranched alkanes of at least 4 members (excludes halogenated alkanes) is 1. The number of hydrogen-bond donors (Lipinski definition) is 3. The molecule has 0 fully saturated rings. The lowest BCUT2D eigenvalue weighted by Gasteiger charge is -2.20. The predicted molar refractivity (Wildman–Crippen MR) is 75.3 cm³/mol. The molecule has 102 valence electrons. The van der Waals surface area contributed by atoms with Crippen molar-refractivity contribution in [3.63, 3.8) is 0 Å². The zero-order chi connectivity index (χ0) is 13.4. The molecule has 0 unspecified atom stereocenters. The summed E-state index contributed by atoms with van der Waals surface area (Å²) < 4.78 is 0. The fourth-order valence-electron chi connectivity index (χ4n) is 1.49. The lowest BCUT2D eigenvalue weighted by molar-refractivity contribution is 0.269. The van der Waals surface area contributed by atoms with Gasteiger partial charge < -0.3 is 10.2 Å². The van der Waals surface area contributed by atoms with Crippen molar-refractivity contribution in [2.45, 2.75) is 32.7 Å². The number of anilines is 2. The number of nitrogen functional groups attached to an aromatic ring is 1. The molecule has 0 aliphatic carbocycles. The molecule has 1 aromatic rings. The molecule has 0 aliphatic heterocycles. The van der Waals surface area contributed by atoms with Crippen LogP contribution in [0.2, 0.25) is 0 Å². The van der Waals surface area contributed by atoms with Crippen molar-refractivity contribution < 1.29 is 0 Å². The second kappa shape index (κ2) is 7.84. The highest BCUT2D eigenvalue weighted by Gasteiger charge is 2.02. The van der Waals surface area contributed by atoms with E-state index in [9.17, 15) is 0 Å². The van der Waals surface area contributed by atoms with Gasteiger partial charge in [0, 0.05) is 18.8 Å². The van der Waals surface area contributed by atoms with Gasteiger partial charge in [-0.05, 0) is 46.3 Å². The Morgan fingerprint density at radius 2 is 2.17 bits per heavy atom. The molecule has 0 atom stereocenters. The lowest BCUT2D eigenvalue weighted by Crippen LogP contribution is -2.27. The minimum absolute atomic E-state index is 0.430. The molecule has 0 saturated heterocycles. The monoisotopic (exact) mass is 252 g/mol. The maximum absolute atomic E-state index is 5.25. The van der Waals surface area contributed by atoms with Crippen molar-refractivity contribution >= 4 is 11.8 Å². The molecule has 18 heavy (non-hydrogen) atoms. The van der Waals surface area contributed by atoms with Crippen molar-refractivity contribution in [1.29, 1.82) is 0 Å². The van der Waals surface area contributed by atoms with E-state index in [1.807, 2.05) is 6.07 Å². The van der Waals surface area contributed by atoms with E-state index in [0.717, 1.165) is 25.3 Å². The number of nitrogens with one attached hydrogen (secondary N) is 2. The van der Waals surface area contributed by atoms with Crippen LogP contribution in [0.3, 0.4) is 0 Å². The van der Waals surface area contributed by atoms with Gasteiger partial charge >= 0.3 is 0 Å². The van der Waals surface area contributed by atoms with Crippen molar-refractivity contribution in [1.82, 2.24) is 14.9 Å². The van der Waals surface area contributed by atoms with E-state index in [1.54, 1.807) is 6.20 Å². The molecule has 0 radical (unpaired) electrons. The maximum Gasteiger partial charge on any atom is 0.239 e. The van der Waals surface area contributed by atoms with Crippen molar-refractivity contribution in [3.8, 4) is 0 Å². The minimum Gasteiger partial charge on any atom is -0.370 e. The lowest BCUT2D eigenvalue weighted by atomic mass is 10.2. The van der Waals surface area contributed by atoms with E-state index in [1.165, 1.54) is 6.42 Å². The molecular formula is C12H24N6. The highest BCUT2D eigenvalue weighted by Crippen LogP contribution is 2.05. The number of hydrogen-bond acceptors (Lipinski definition) is 6. The van der Waals surface area contributed by atoms with Gasteiger partial charge in [0.2, 0.25) is 5.95 Å². The van der Waals surface area contributed by atoms with Gasteiger partial charge in [0.15, 0.2) is 0 Å². The Balaban J connectivity index is 2.17. The summed E-state index contributed by atoms with van der Waals surface area (Å²) in [6.45, 7) is 6.45. The summed E-state index contributed by atoms with van der Waals surface area (Å²) in [7, 11) is 2.15. The van der Waals surface area contributed by atoms with Crippen LogP contribution in [-0.2, 0) is 0 Å². The van der Waals surface area contributed by atoms with E-state index in [2.05, 4.69) is 46.5 Å². The van der Waals surface area contributed by atoms with E-state index in [4.69, 9.17) is 5.84 Å². The van der Waals surface area contributed by atoms with Crippen molar-refractivity contribution in [2.75, 3.05) is 30.9 Å². The van der Waals surface area contributed by atoms with E-state index in [0.29, 0.717) is 12.0 Å². The van der Waals surface area contributed by atoms with Crippen LogP contribution in [0.25, 0.3) is 0 Å². The summed E-state index contributed by atoms with van der Waals surface area (Å²) in [6.07, 6.45) is 3.97. The summed E-state index contributed by atoms with van der Waals surface area (Å²) in [4.78, 5) is 10.5. The first-order valence-electron chi connectivity index (χ1n) is 6.37. The molecule has 1 rings (SSSR count). The normalized spacial score (nSPS) is 11.0. The Kier molecular flexibility index (Phi) is 6.38. The van der Waals surface area contributed by atoms with Crippen LogP contribution >= 0.6 is 0 Å². The van der Waals surface area contributed by atoms with Gasteiger partial charge in [0.1, 0.15) is 5.82 Å². The standard InChI is InChI=1S/C12H24N6/c1-10(2)18(3)9-5-4-7-14-11-6-8-15-12(16-11)17-13/h6,8,10H,4-5,7,9,13H2,1-3H3,(H2,14,15,16,17). The Bertz CT molecular complexity index is 341. The molecule has 0 aliphatic rings. The molecule has 6 heteroatoms. The second-order valence-electron chi connectivity index (χ2n) is 4.62. The smallest absolute Gasteiger partial charge is 0.239 e. The Hall–Kier alpha value is -1.40. The van der Waals surface area contributed by atoms with Gasteiger partial charge in [-0.1, -0.05) is 0 Å². The number of nitrogens with two attached hydrogens (primary N) is 1. The number of hydrazine groups is 1. The van der Waals surface area contributed by atoms with Crippen LogP contribution in [0.15, 0.2) is 12.3 Å². The zero-order valence-electron chi connectivity index (χ0n) is 11.5. The first kappa shape index (κ1) is 14.7. The van der Waals surface area contributed by atoms with Crippen molar-refractivity contribution in [3.05, 3.63) is 12.3 Å². The van der Waals surface area contributed by atoms with Crippen LogP contribution in [-0.4, -0.2) is 41.0 Å². The molecule has 0 amide bonds. The third kappa shape index (κ3) is 5.29. The molecule has 0 spiro atoms. The fourth-order valence-corrected chi connectivity index (χ4v) is 1.49. The van der Waals surface area contributed by atoms with Gasteiger partial charge in [-0.2, -0.15) is 4.98 Å². The average Bonchev–Trinajstić information content (AvgIpc) is 2.38. The van der Waals surface area contributed by atoms with E-state index < -0.39 is 0 Å². The fraction of sp³-hybridized carbons (Fsp3) is 0.667. The number of aromatic nitrogens is 2. The molecular weight excluding hydrogens is 228 g/mol. The van der Waals surface area contributed by atoms with Gasteiger partial charge in [-0.15, -0.1) is 0 Å². The van der Waals surface area contributed by atoms with Gasteiger partial charge in [-0.25, -0.2) is 10.8 Å². The Labute approximate surface area is 109 Å². The van der Waals surface area contributed by atoms with Crippen LogP contribution < -0.4 is 16.6 Å². The number of nitrogens with zero attached hydrogens (tertiary/aromatic N) is 3. The topological polar surface area (TPSA) is 79.1 Å². The molecule has 0 aromatic carbocycles. The summed E-state index contributed by atoms with van der Waals surface area (Å²) >= 11 is 0. The highest BCUT2D eigenvalue weighted by atomic mass is 15.3. The second-order valence-corrected chi connectivity index (χ2v) is 4.62. The molecule has 1 heterocycles. The summed E-state index contributed by atoms with van der Waals surface area (Å²) in [5.74, 6) is 6.48. The largest absolute Gasteiger partial charge is 0.370 e. The Morgan fingerprint density at radius 3 is 2.83 bits per heavy atom. The predicted octanol–water partition coefficient (Wildman–Crippen LogP) is 1.29. The first-order chi connectivity index (χ1) is 8.63. The van der Waals surface area contributed by atoms with Crippen molar-refractivity contribution in [2.24, 2.45) is 5.84 Å². The summed E-state index contributed by atoms with van der Waals surface area (Å²) in [6, 6.07) is 2.44. The SMILES string of the molecule is CC(C)N(C)CCCCNc1ccnc(NN)n1. The quantitative estimate of drug-likeness (QED) is 0.367. The molecule has 1 aromatic heterocycles. The molecule has 0 saturated carbocycles.